The summed E-state index contributed by atoms with van der Waals surface area (Å²) in [4.78, 5) is 0. The van der Waals surface area contributed by atoms with Gasteiger partial charge in [-0.3, -0.25) is 0 Å². The van der Waals surface area contributed by atoms with Gasteiger partial charge >= 0.3 is 0 Å². The second kappa shape index (κ2) is 9.64. The van der Waals surface area contributed by atoms with E-state index >= 15 is 0 Å². The number of nitrogens with zero attached hydrogens (tertiary/aromatic N) is 2. The molecule has 2 heterocycles. The summed E-state index contributed by atoms with van der Waals surface area (Å²) in [5.41, 5.74) is 8.38. The Labute approximate surface area is 170 Å². The van der Waals surface area contributed by atoms with Crippen molar-refractivity contribution < 1.29 is 9.13 Å². The van der Waals surface area contributed by atoms with Crippen molar-refractivity contribution in [1.29, 1.82) is 0 Å². The van der Waals surface area contributed by atoms with Crippen molar-refractivity contribution >= 4 is 0 Å². The van der Waals surface area contributed by atoms with E-state index in [4.69, 9.17) is 0 Å². The number of aryl methyl sites for hydroxylation is 8. The van der Waals surface area contributed by atoms with E-state index in [0.29, 0.717) is 0 Å². The van der Waals surface area contributed by atoms with E-state index in [-0.39, 0.29) is 0 Å². The molecule has 0 saturated carbocycles. The Morgan fingerprint density at radius 2 is 1.07 bits per heavy atom. The van der Waals surface area contributed by atoms with Gasteiger partial charge in [0.1, 0.15) is 13.1 Å². The molecule has 0 fully saturated rings. The Kier molecular flexibility index (Phi) is 6.97. The van der Waals surface area contributed by atoms with Crippen molar-refractivity contribution in [3.05, 3.63) is 94.6 Å². The molecule has 3 aromatic rings. The zero-order valence-electron chi connectivity index (χ0n) is 17.9. The predicted molar refractivity (Wildman–Crippen MR) is 115 cm³/mol. The normalized spacial score (nSPS) is 11.0. The minimum Gasteiger partial charge on any atom is -0.205 e. The molecule has 3 rings (SSSR count). The summed E-state index contributed by atoms with van der Waals surface area (Å²) in [6.07, 6.45) is 13.5. The van der Waals surface area contributed by atoms with Gasteiger partial charge in [0.25, 0.3) is 0 Å². The van der Waals surface area contributed by atoms with Gasteiger partial charge in [0.05, 0.1) is 0 Å². The quantitative estimate of drug-likeness (QED) is 0.502. The Hall–Kier alpha value is -2.48. The first-order valence-electron chi connectivity index (χ1n) is 10.5. The fourth-order valence-corrected chi connectivity index (χ4v) is 3.62. The molecule has 0 saturated heterocycles. The third-order valence-corrected chi connectivity index (χ3v) is 5.75. The minimum atomic E-state index is 1.08. The standard InChI is InChI=1S/C26H34N2/c1-21-12-16-27(19-23(21)3)14-6-10-25-8-5-9-26(18-25)11-7-15-28-17-13-22(2)24(4)20-28/h5,8-9,12-13,16-20H,6-7,10-11,14-15H2,1-4H3/q+2. The molecule has 0 aliphatic rings. The Balaban J connectivity index is 1.47. The molecule has 0 N–H and O–H groups in total. The average molecular weight is 375 g/mol. The smallest absolute Gasteiger partial charge is 0.171 e. The molecule has 0 radical (unpaired) electrons. The Morgan fingerprint density at radius 3 is 1.50 bits per heavy atom. The molecule has 0 spiro atoms. The van der Waals surface area contributed by atoms with E-state index in [1.165, 1.54) is 46.2 Å². The van der Waals surface area contributed by atoms with Crippen LogP contribution in [0, 0.1) is 27.7 Å². The Bertz CT molecular complexity index is 855. The largest absolute Gasteiger partial charge is 0.205 e. The van der Waals surface area contributed by atoms with Crippen molar-refractivity contribution in [2.24, 2.45) is 0 Å². The second-order valence-corrected chi connectivity index (χ2v) is 8.12. The monoisotopic (exact) mass is 374 g/mol. The van der Waals surface area contributed by atoms with Crippen molar-refractivity contribution in [3.8, 4) is 0 Å². The van der Waals surface area contributed by atoms with Crippen LogP contribution in [0.2, 0.25) is 0 Å². The molecule has 2 aromatic heterocycles. The summed E-state index contributed by atoms with van der Waals surface area (Å²) in [5, 5.41) is 0. The third-order valence-electron chi connectivity index (χ3n) is 5.75. The van der Waals surface area contributed by atoms with Gasteiger partial charge in [0.2, 0.25) is 0 Å². The fraction of sp³-hybridized carbons (Fsp3) is 0.385. The highest BCUT2D eigenvalue weighted by Gasteiger charge is 2.06. The summed E-state index contributed by atoms with van der Waals surface area (Å²) in [6.45, 7) is 10.9. The van der Waals surface area contributed by atoms with Crippen LogP contribution in [-0.2, 0) is 25.9 Å². The molecule has 0 atom stereocenters. The number of aromatic nitrogens is 2. The second-order valence-electron chi connectivity index (χ2n) is 8.12. The van der Waals surface area contributed by atoms with Crippen molar-refractivity contribution in [2.75, 3.05) is 0 Å². The van der Waals surface area contributed by atoms with Crippen LogP contribution in [0.3, 0.4) is 0 Å². The maximum Gasteiger partial charge on any atom is 0.171 e. The van der Waals surface area contributed by atoms with Crippen LogP contribution in [0.15, 0.2) is 61.2 Å². The first-order valence-corrected chi connectivity index (χ1v) is 10.5. The van der Waals surface area contributed by atoms with Crippen molar-refractivity contribution in [1.82, 2.24) is 0 Å². The fourth-order valence-electron chi connectivity index (χ4n) is 3.62. The summed E-state index contributed by atoms with van der Waals surface area (Å²) in [6, 6.07) is 13.6. The molecule has 0 unspecified atom stereocenters. The van der Waals surface area contributed by atoms with Gasteiger partial charge in [-0.1, -0.05) is 24.3 Å². The highest BCUT2D eigenvalue weighted by molar-refractivity contribution is 5.23. The van der Waals surface area contributed by atoms with Gasteiger partial charge < -0.3 is 0 Å². The lowest BCUT2D eigenvalue weighted by atomic mass is 10.0. The maximum atomic E-state index is 2.40. The highest BCUT2D eigenvalue weighted by Crippen LogP contribution is 2.10. The van der Waals surface area contributed by atoms with Crippen LogP contribution in [0.25, 0.3) is 0 Å². The molecular formula is C26H34N2+2. The molecule has 2 nitrogen and oxygen atoms in total. The lowest BCUT2D eigenvalue weighted by molar-refractivity contribution is -0.697. The van der Waals surface area contributed by atoms with Crippen LogP contribution in [-0.4, -0.2) is 0 Å². The van der Waals surface area contributed by atoms with E-state index in [2.05, 4.69) is 98.0 Å². The van der Waals surface area contributed by atoms with E-state index in [1.807, 2.05) is 0 Å². The summed E-state index contributed by atoms with van der Waals surface area (Å²) in [5.74, 6) is 0. The summed E-state index contributed by atoms with van der Waals surface area (Å²) >= 11 is 0. The lowest BCUT2D eigenvalue weighted by Crippen LogP contribution is -2.33. The van der Waals surface area contributed by atoms with E-state index in [1.54, 1.807) is 0 Å². The van der Waals surface area contributed by atoms with Gasteiger partial charge in [0.15, 0.2) is 24.8 Å². The molecule has 1 aromatic carbocycles. The van der Waals surface area contributed by atoms with Gasteiger partial charge in [0, 0.05) is 36.1 Å². The third kappa shape index (κ3) is 5.76. The molecule has 0 amide bonds. The molecule has 0 aliphatic carbocycles. The predicted octanol–water partition coefficient (Wildman–Crippen LogP) is 4.76. The van der Waals surface area contributed by atoms with Crippen molar-refractivity contribution in [2.45, 2.75) is 66.5 Å². The summed E-state index contributed by atoms with van der Waals surface area (Å²) < 4.78 is 4.62. The SMILES string of the molecule is Cc1cc[n+](CCCc2cccc(CCC[n+]3ccc(C)c(C)c3)c2)cc1C. The molecular weight excluding hydrogens is 340 g/mol. The van der Waals surface area contributed by atoms with Crippen LogP contribution < -0.4 is 9.13 Å². The minimum absolute atomic E-state index is 1.08. The topological polar surface area (TPSA) is 7.76 Å². The van der Waals surface area contributed by atoms with Gasteiger partial charge in [-0.15, -0.1) is 0 Å². The van der Waals surface area contributed by atoms with Crippen molar-refractivity contribution in [3.63, 3.8) is 0 Å². The van der Waals surface area contributed by atoms with Crippen LogP contribution in [0.1, 0.15) is 46.2 Å². The van der Waals surface area contributed by atoms with Crippen LogP contribution in [0.4, 0.5) is 0 Å². The molecule has 146 valence electrons. The Morgan fingerprint density at radius 1 is 0.607 bits per heavy atom. The van der Waals surface area contributed by atoms with E-state index < -0.39 is 0 Å². The zero-order valence-corrected chi connectivity index (χ0v) is 17.9. The first kappa shape index (κ1) is 20.3. The molecule has 28 heavy (non-hydrogen) atoms. The molecule has 0 bridgehead atoms. The maximum absolute atomic E-state index is 2.40. The number of hydrogen-bond donors (Lipinski definition) is 0. The summed E-state index contributed by atoms with van der Waals surface area (Å²) in [7, 11) is 0. The van der Waals surface area contributed by atoms with E-state index in [0.717, 1.165) is 25.9 Å². The average Bonchev–Trinajstić information content (AvgIpc) is 2.68. The lowest BCUT2D eigenvalue weighted by Gasteiger charge is -2.05. The number of pyridine rings is 2. The first-order chi connectivity index (χ1) is 13.5. The molecule has 0 aliphatic heterocycles. The molecule has 2 heteroatoms. The van der Waals surface area contributed by atoms with E-state index in [9.17, 15) is 0 Å². The van der Waals surface area contributed by atoms with Crippen LogP contribution in [0.5, 0.6) is 0 Å². The zero-order chi connectivity index (χ0) is 19.9. The number of benzene rings is 1. The van der Waals surface area contributed by atoms with Gasteiger partial charge in [-0.25, -0.2) is 9.13 Å². The number of rotatable bonds is 8. The van der Waals surface area contributed by atoms with Crippen LogP contribution >= 0.6 is 0 Å². The highest BCUT2D eigenvalue weighted by atomic mass is 14.9. The van der Waals surface area contributed by atoms with Gasteiger partial charge in [-0.05, 0) is 62.8 Å². The number of hydrogen-bond acceptors (Lipinski definition) is 0. The van der Waals surface area contributed by atoms with Gasteiger partial charge in [-0.2, -0.15) is 0 Å².